The number of nitrogens with one attached hydrogen (secondary N) is 1. The topological polar surface area (TPSA) is 72.5 Å². The lowest BCUT2D eigenvalue weighted by molar-refractivity contribution is -0.116. The fourth-order valence-corrected chi connectivity index (χ4v) is 2.86. The number of methoxy groups -OCH3 is 1. The Morgan fingerprint density at radius 1 is 1.09 bits per heavy atom. The summed E-state index contributed by atoms with van der Waals surface area (Å²) < 4.78 is 5.14. The molecular formula is C16H14ClNO4S. The number of carbonyl (C=O) groups is 3. The lowest BCUT2D eigenvalue weighted by Crippen LogP contribution is -2.13. The van der Waals surface area contributed by atoms with Crippen LogP contribution in [0.1, 0.15) is 32.9 Å². The number of hydrogen-bond acceptors (Lipinski definition) is 5. The number of benzene rings is 1. The highest BCUT2D eigenvalue weighted by Gasteiger charge is 2.12. The number of amides is 1. The van der Waals surface area contributed by atoms with Gasteiger partial charge in [0.05, 0.1) is 21.9 Å². The normalized spacial score (nSPS) is 10.2. The van der Waals surface area contributed by atoms with Crippen LogP contribution in [0, 0.1) is 0 Å². The second-order valence-electron chi connectivity index (χ2n) is 4.64. The van der Waals surface area contributed by atoms with Crippen molar-refractivity contribution in [2.24, 2.45) is 0 Å². The lowest BCUT2D eigenvalue weighted by atomic mass is 10.1. The second-order valence-corrected chi connectivity index (χ2v) is 6.36. The summed E-state index contributed by atoms with van der Waals surface area (Å²) in [6.45, 7) is 0. The Labute approximate surface area is 142 Å². The van der Waals surface area contributed by atoms with Gasteiger partial charge in [0, 0.05) is 18.5 Å². The molecule has 0 aliphatic heterocycles. The number of carbonyl (C=O) groups excluding carboxylic acids is 3. The van der Waals surface area contributed by atoms with Crippen molar-refractivity contribution >= 4 is 46.3 Å². The van der Waals surface area contributed by atoms with Crippen molar-refractivity contribution in [3.05, 3.63) is 51.2 Å². The van der Waals surface area contributed by atoms with E-state index in [4.69, 9.17) is 11.6 Å². The largest absolute Gasteiger partial charge is 0.465 e. The van der Waals surface area contributed by atoms with E-state index in [-0.39, 0.29) is 24.5 Å². The summed E-state index contributed by atoms with van der Waals surface area (Å²) in [5, 5.41) is 2.67. The number of rotatable bonds is 6. The molecule has 0 saturated carbocycles. The van der Waals surface area contributed by atoms with E-state index in [2.05, 4.69) is 10.1 Å². The van der Waals surface area contributed by atoms with Crippen LogP contribution in [0.5, 0.6) is 0 Å². The van der Waals surface area contributed by atoms with Gasteiger partial charge in [0.25, 0.3) is 0 Å². The lowest BCUT2D eigenvalue weighted by Gasteiger charge is -2.05. The van der Waals surface area contributed by atoms with Gasteiger partial charge in [0.2, 0.25) is 5.91 Å². The van der Waals surface area contributed by atoms with E-state index in [1.54, 1.807) is 36.4 Å². The van der Waals surface area contributed by atoms with Crippen LogP contribution in [0.15, 0.2) is 36.4 Å². The van der Waals surface area contributed by atoms with Gasteiger partial charge in [-0.2, -0.15) is 0 Å². The molecule has 0 atom stereocenters. The van der Waals surface area contributed by atoms with Crippen LogP contribution in [0.4, 0.5) is 5.69 Å². The molecule has 1 N–H and O–H groups in total. The maximum Gasteiger partial charge on any atom is 0.337 e. The Balaban J connectivity index is 1.85. The molecule has 0 aliphatic rings. The first-order valence-electron chi connectivity index (χ1n) is 6.76. The first-order valence-corrected chi connectivity index (χ1v) is 7.96. The molecule has 7 heteroatoms. The first-order chi connectivity index (χ1) is 11.0. The van der Waals surface area contributed by atoms with Gasteiger partial charge in [0.15, 0.2) is 5.78 Å². The van der Waals surface area contributed by atoms with Crippen LogP contribution in [-0.4, -0.2) is 24.8 Å². The van der Waals surface area contributed by atoms with E-state index in [1.165, 1.54) is 18.4 Å². The number of ether oxygens (including phenoxy) is 1. The average molecular weight is 352 g/mol. The van der Waals surface area contributed by atoms with Crippen molar-refractivity contribution in [3.8, 4) is 0 Å². The third-order valence-electron chi connectivity index (χ3n) is 3.02. The van der Waals surface area contributed by atoms with Crippen molar-refractivity contribution < 1.29 is 19.1 Å². The smallest absolute Gasteiger partial charge is 0.337 e. The minimum Gasteiger partial charge on any atom is -0.465 e. The highest BCUT2D eigenvalue weighted by atomic mass is 35.5. The Morgan fingerprint density at radius 2 is 1.78 bits per heavy atom. The van der Waals surface area contributed by atoms with Crippen molar-refractivity contribution in [2.75, 3.05) is 12.4 Å². The second kappa shape index (κ2) is 7.89. The SMILES string of the molecule is COC(=O)c1ccc(NC(=O)CCC(=O)c2ccc(Cl)s2)cc1. The van der Waals surface area contributed by atoms with Crippen molar-refractivity contribution in [1.29, 1.82) is 0 Å². The average Bonchev–Trinajstić information content (AvgIpc) is 2.99. The molecule has 0 fully saturated rings. The molecule has 2 aromatic rings. The molecule has 0 unspecified atom stereocenters. The van der Waals surface area contributed by atoms with Gasteiger partial charge >= 0.3 is 5.97 Å². The van der Waals surface area contributed by atoms with Crippen LogP contribution < -0.4 is 5.32 Å². The molecular weight excluding hydrogens is 338 g/mol. The monoisotopic (exact) mass is 351 g/mol. The van der Waals surface area contributed by atoms with Gasteiger partial charge in [-0.1, -0.05) is 11.6 Å². The molecule has 5 nitrogen and oxygen atoms in total. The minimum absolute atomic E-state index is 0.0765. The summed E-state index contributed by atoms with van der Waals surface area (Å²) in [7, 11) is 1.30. The number of Topliss-reactive ketones (excluding diaryl/α,β-unsaturated/α-hetero) is 1. The van der Waals surface area contributed by atoms with Crippen LogP contribution in [-0.2, 0) is 9.53 Å². The van der Waals surface area contributed by atoms with Crippen molar-refractivity contribution in [2.45, 2.75) is 12.8 Å². The zero-order valence-corrected chi connectivity index (χ0v) is 13.9. The summed E-state index contributed by atoms with van der Waals surface area (Å²) in [4.78, 5) is 35.6. The number of halogens is 1. The van der Waals surface area contributed by atoms with Crippen molar-refractivity contribution in [3.63, 3.8) is 0 Å². The fraction of sp³-hybridized carbons (Fsp3) is 0.188. The third-order valence-corrected chi connectivity index (χ3v) is 4.29. The molecule has 1 heterocycles. The van der Waals surface area contributed by atoms with Crippen molar-refractivity contribution in [1.82, 2.24) is 0 Å². The summed E-state index contributed by atoms with van der Waals surface area (Å²) in [5.74, 6) is -0.826. The van der Waals surface area contributed by atoms with Gasteiger partial charge in [-0.25, -0.2) is 4.79 Å². The Bertz CT molecular complexity index is 724. The highest BCUT2D eigenvalue weighted by molar-refractivity contribution is 7.18. The van der Waals surface area contributed by atoms with Gasteiger partial charge in [-0.3, -0.25) is 9.59 Å². The summed E-state index contributed by atoms with van der Waals surface area (Å²) in [6.07, 6.45) is 0.191. The zero-order chi connectivity index (χ0) is 16.8. The van der Waals surface area contributed by atoms with Crippen LogP contribution >= 0.6 is 22.9 Å². The molecule has 23 heavy (non-hydrogen) atoms. The van der Waals surface area contributed by atoms with Gasteiger partial charge < -0.3 is 10.1 Å². The Hall–Kier alpha value is -2.18. The standard InChI is InChI=1S/C16H14ClNO4S/c1-22-16(21)10-2-4-11(5-3-10)18-15(20)9-6-12(19)13-7-8-14(17)23-13/h2-5,7-8H,6,9H2,1H3,(H,18,20). The van der Waals surface area contributed by atoms with E-state index >= 15 is 0 Å². The number of anilines is 1. The molecule has 1 aromatic heterocycles. The molecule has 0 bridgehead atoms. The van der Waals surface area contributed by atoms with Crippen LogP contribution in [0.25, 0.3) is 0 Å². The number of hydrogen-bond donors (Lipinski definition) is 1. The quantitative estimate of drug-likeness (QED) is 0.634. The molecule has 1 amide bonds. The number of thiophene rings is 1. The molecule has 2 rings (SSSR count). The number of esters is 1. The third kappa shape index (κ3) is 4.91. The summed E-state index contributed by atoms with van der Waals surface area (Å²) in [5.41, 5.74) is 0.949. The van der Waals surface area contributed by atoms with Crippen LogP contribution in [0.2, 0.25) is 4.34 Å². The zero-order valence-electron chi connectivity index (χ0n) is 12.3. The maximum absolute atomic E-state index is 11.9. The highest BCUT2D eigenvalue weighted by Crippen LogP contribution is 2.23. The van der Waals surface area contributed by atoms with E-state index in [9.17, 15) is 14.4 Å². The molecule has 0 spiro atoms. The van der Waals surface area contributed by atoms with E-state index in [0.29, 0.717) is 20.5 Å². The van der Waals surface area contributed by atoms with E-state index < -0.39 is 5.97 Å². The van der Waals surface area contributed by atoms with E-state index in [0.717, 1.165) is 0 Å². The van der Waals surface area contributed by atoms with Gasteiger partial charge in [-0.15, -0.1) is 11.3 Å². The summed E-state index contributed by atoms with van der Waals surface area (Å²) >= 11 is 6.97. The molecule has 0 radical (unpaired) electrons. The summed E-state index contributed by atoms with van der Waals surface area (Å²) in [6, 6.07) is 9.62. The molecule has 0 saturated heterocycles. The Kier molecular flexibility index (Phi) is 5.90. The molecule has 1 aromatic carbocycles. The fourth-order valence-electron chi connectivity index (χ4n) is 1.85. The maximum atomic E-state index is 11.9. The van der Waals surface area contributed by atoms with E-state index in [1.807, 2.05) is 0 Å². The Morgan fingerprint density at radius 3 is 2.35 bits per heavy atom. The minimum atomic E-state index is -0.442. The molecule has 0 aliphatic carbocycles. The van der Waals surface area contributed by atoms with Crippen LogP contribution in [0.3, 0.4) is 0 Å². The number of ketones is 1. The first kappa shape index (κ1) is 17.2. The van der Waals surface area contributed by atoms with Gasteiger partial charge in [-0.05, 0) is 36.4 Å². The molecule has 120 valence electrons. The predicted octanol–water partition coefficient (Wildman–Crippen LogP) is 3.79. The van der Waals surface area contributed by atoms with Gasteiger partial charge in [0.1, 0.15) is 0 Å². The predicted molar refractivity (Wildman–Crippen MR) is 89.3 cm³/mol.